The van der Waals surface area contributed by atoms with Crippen LogP contribution in [0.4, 0.5) is 0 Å². The number of benzene rings is 1. The molecular weight excluding hydrogens is 248 g/mol. The Labute approximate surface area is 90.5 Å². The molecule has 0 unspecified atom stereocenters. The summed E-state index contributed by atoms with van der Waals surface area (Å²) < 4.78 is 6.08. The fraction of sp³-hybridized carbons (Fsp3) is 0.222. The normalized spacial score (nSPS) is 9.64. The maximum absolute atomic E-state index is 11.3. The molecule has 4 nitrogen and oxygen atoms in total. The minimum atomic E-state index is -0.366. The van der Waals surface area contributed by atoms with Crippen molar-refractivity contribution in [3.63, 3.8) is 0 Å². The van der Waals surface area contributed by atoms with Crippen LogP contribution in [-0.2, 0) is 0 Å². The molecule has 5 heteroatoms. The lowest BCUT2D eigenvalue weighted by molar-refractivity contribution is 0.0950. The van der Waals surface area contributed by atoms with Gasteiger partial charge in [-0.25, -0.2) is 5.84 Å². The van der Waals surface area contributed by atoms with Gasteiger partial charge in [-0.15, -0.1) is 0 Å². The molecule has 0 fully saturated rings. The number of nitrogens with one attached hydrogen (secondary N) is 1. The van der Waals surface area contributed by atoms with Crippen LogP contribution in [0.5, 0.6) is 5.75 Å². The second-order valence-electron chi connectivity index (χ2n) is 2.55. The van der Waals surface area contributed by atoms with E-state index in [1.807, 2.05) is 6.92 Å². The van der Waals surface area contributed by atoms with E-state index in [9.17, 15) is 4.79 Å². The van der Waals surface area contributed by atoms with Crippen molar-refractivity contribution in [1.82, 2.24) is 5.43 Å². The standard InChI is InChI=1S/C9H11BrN2O2/c1-2-14-8-4-3-6(10)5-7(8)9(13)12-11/h3-5H,2,11H2,1H3,(H,12,13). The smallest absolute Gasteiger partial charge is 0.268 e. The lowest BCUT2D eigenvalue weighted by atomic mass is 10.2. The quantitative estimate of drug-likeness (QED) is 0.490. The Morgan fingerprint density at radius 3 is 2.93 bits per heavy atom. The number of carbonyl (C=O) groups excluding carboxylic acids is 1. The maximum atomic E-state index is 11.3. The van der Waals surface area contributed by atoms with Crippen molar-refractivity contribution in [2.45, 2.75) is 6.92 Å². The average Bonchev–Trinajstić information content (AvgIpc) is 2.20. The second-order valence-corrected chi connectivity index (χ2v) is 3.46. The van der Waals surface area contributed by atoms with E-state index in [1.54, 1.807) is 18.2 Å². The summed E-state index contributed by atoms with van der Waals surface area (Å²) in [7, 11) is 0. The number of carbonyl (C=O) groups is 1. The fourth-order valence-electron chi connectivity index (χ4n) is 1.04. The molecule has 0 aromatic heterocycles. The van der Waals surface area contributed by atoms with Crippen molar-refractivity contribution in [3.8, 4) is 5.75 Å². The van der Waals surface area contributed by atoms with E-state index in [0.717, 1.165) is 4.47 Å². The summed E-state index contributed by atoms with van der Waals surface area (Å²) in [5, 5.41) is 0. The summed E-state index contributed by atoms with van der Waals surface area (Å²) in [5.41, 5.74) is 2.49. The SMILES string of the molecule is CCOc1ccc(Br)cc1C(=O)NN. The van der Waals surface area contributed by atoms with Gasteiger partial charge < -0.3 is 4.74 Å². The first-order chi connectivity index (χ1) is 6.69. The summed E-state index contributed by atoms with van der Waals surface area (Å²) in [6.07, 6.45) is 0. The number of rotatable bonds is 3. The lowest BCUT2D eigenvalue weighted by Gasteiger charge is -2.08. The van der Waals surface area contributed by atoms with E-state index in [4.69, 9.17) is 10.6 Å². The van der Waals surface area contributed by atoms with Crippen LogP contribution in [-0.4, -0.2) is 12.5 Å². The average molecular weight is 259 g/mol. The van der Waals surface area contributed by atoms with E-state index < -0.39 is 0 Å². The van der Waals surface area contributed by atoms with E-state index in [2.05, 4.69) is 21.4 Å². The zero-order chi connectivity index (χ0) is 10.6. The van der Waals surface area contributed by atoms with Gasteiger partial charge in [-0.2, -0.15) is 0 Å². The number of hydrogen-bond acceptors (Lipinski definition) is 3. The Kier molecular flexibility index (Phi) is 3.91. The molecule has 0 spiro atoms. The highest BCUT2D eigenvalue weighted by Crippen LogP contribution is 2.22. The van der Waals surface area contributed by atoms with Gasteiger partial charge >= 0.3 is 0 Å². The van der Waals surface area contributed by atoms with Gasteiger partial charge in [-0.3, -0.25) is 10.2 Å². The van der Waals surface area contributed by atoms with Crippen molar-refractivity contribution < 1.29 is 9.53 Å². The fourth-order valence-corrected chi connectivity index (χ4v) is 1.40. The van der Waals surface area contributed by atoms with Gasteiger partial charge in [-0.1, -0.05) is 15.9 Å². The summed E-state index contributed by atoms with van der Waals surface area (Å²) in [6.45, 7) is 2.36. The third-order valence-corrected chi connectivity index (χ3v) is 2.11. The zero-order valence-electron chi connectivity index (χ0n) is 7.71. The van der Waals surface area contributed by atoms with E-state index in [0.29, 0.717) is 17.9 Å². The number of nitrogens with two attached hydrogens (primary N) is 1. The van der Waals surface area contributed by atoms with E-state index in [1.165, 1.54) is 0 Å². The van der Waals surface area contributed by atoms with Crippen molar-refractivity contribution in [1.29, 1.82) is 0 Å². The maximum Gasteiger partial charge on any atom is 0.268 e. The molecule has 0 radical (unpaired) electrons. The lowest BCUT2D eigenvalue weighted by Crippen LogP contribution is -2.30. The van der Waals surface area contributed by atoms with Crippen LogP contribution in [0.1, 0.15) is 17.3 Å². The summed E-state index contributed by atoms with van der Waals surface area (Å²) in [5.74, 6) is 5.21. The highest BCUT2D eigenvalue weighted by atomic mass is 79.9. The van der Waals surface area contributed by atoms with Gasteiger partial charge in [0.05, 0.1) is 12.2 Å². The predicted octanol–water partition coefficient (Wildman–Crippen LogP) is 1.45. The van der Waals surface area contributed by atoms with Crippen molar-refractivity contribution in [2.24, 2.45) is 5.84 Å². The molecule has 1 aromatic rings. The molecule has 1 aromatic carbocycles. The number of amides is 1. The third-order valence-electron chi connectivity index (χ3n) is 1.62. The predicted molar refractivity (Wildman–Crippen MR) is 57.0 cm³/mol. The minimum Gasteiger partial charge on any atom is -0.493 e. The van der Waals surface area contributed by atoms with Crippen LogP contribution in [0.15, 0.2) is 22.7 Å². The minimum absolute atomic E-state index is 0.366. The number of hydrazine groups is 1. The molecule has 1 amide bonds. The molecule has 76 valence electrons. The van der Waals surface area contributed by atoms with Crippen LogP contribution >= 0.6 is 15.9 Å². The molecule has 14 heavy (non-hydrogen) atoms. The first-order valence-corrected chi connectivity index (χ1v) is 4.91. The van der Waals surface area contributed by atoms with Crippen LogP contribution in [0.25, 0.3) is 0 Å². The number of nitrogen functional groups attached to an aromatic ring is 1. The third kappa shape index (κ3) is 2.46. The first-order valence-electron chi connectivity index (χ1n) is 4.12. The summed E-state index contributed by atoms with van der Waals surface area (Å²) in [4.78, 5) is 11.3. The highest BCUT2D eigenvalue weighted by Gasteiger charge is 2.11. The van der Waals surface area contributed by atoms with E-state index >= 15 is 0 Å². The molecule has 0 saturated carbocycles. The topological polar surface area (TPSA) is 64.3 Å². The molecule has 1 rings (SSSR count). The number of ether oxygens (including phenoxy) is 1. The molecule has 0 heterocycles. The van der Waals surface area contributed by atoms with Gasteiger partial charge in [0, 0.05) is 4.47 Å². The highest BCUT2D eigenvalue weighted by molar-refractivity contribution is 9.10. The van der Waals surface area contributed by atoms with Crippen LogP contribution in [0.3, 0.4) is 0 Å². The van der Waals surface area contributed by atoms with Crippen LogP contribution in [0.2, 0.25) is 0 Å². The van der Waals surface area contributed by atoms with Gasteiger partial charge in [0.2, 0.25) is 0 Å². The molecule has 3 N–H and O–H groups in total. The van der Waals surface area contributed by atoms with Gasteiger partial charge in [0.15, 0.2) is 0 Å². The van der Waals surface area contributed by atoms with Crippen LogP contribution < -0.4 is 16.0 Å². The Balaban J connectivity index is 3.08. The zero-order valence-corrected chi connectivity index (χ0v) is 9.30. The second kappa shape index (κ2) is 4.97. The molecule has 0 aliphatic rings. The first kappa shape index (κ1) is 11.0. The Bertz CT molecular complexity index is 342. The summed E-state index contributed by atoms with van der Waals surface area (Å²) in [6, 6.07) is 5.18. The Morgan fingerprint density at radius 1 is 1.64 bits per heavy atom. The monoisotopic (exact) mass is 258 g/mol. The molecular formula is C9H11BrN2O2. The number of halogens is 1. The van der Waals surface area contributed by atoms with Crippen molar-refractivity contribution in [3.05, 3.63) is 28.2 Å². The van der Waals surface area contributed by atoms with Crippen LogP contribution in [0, 0.1) is 0 Å². The number of hydrogen-bond donors (Lipinski definition) is 2. The Hall–Kier alpha value is -1.07. The molecule has 0 saturated heterocycles. The van der Waals surface area contributed by atoms with Crippen molar-refractivity contribution >= 4 is 21.8 Å². The molecule has 0 bridgehead atoms. The molecule has 0 aliphatic heterocycles. The van der Waals surface area contributed by atoms with E-state index in [-0.39, 0.29) is 5.91 Å². The summed E-state index contributed by atoms with van der Waals surface area (Å²) >= 11 is 3.27. The van der Waals surface area contributed by atoms with Crippen molar-refractivity contribution in [2.75, 3.05) is 6.61 Å². The van der Waals surface area contributed by atoms with Gasteiger partial charge in [0.25, 0.3) is 5.91 Å². The van der Waals surface area contributed by atoms with Gasteiger partial charge in [-0.05, 0) is 25.1 Å². The largest absolute Gasteiger partial charge is 0.493 e. The molecule has 0 aliphatic carbocycles. The molecule has 0 atom stereocenters. The Morgan fingerprint density at radius 2 is 2.36 bits per heavy atom. The van der Waals surface area contributed by atoms with Gasteiger partial charge in [0.1, 0.15) is 5.75 Å².